The van der Waals surface area contributed by atoms with Crippen LogP contribution in [0.4, 0.5) is 4.39 Å². The first-order valence-electron chi connectivity index (χ1n) is 8.06. The van der Waals surface area contributed by atoms with Gasteiger partial charge in [0.15, 0.2) is 5.58 Å². The number of benzene rings is 1. The molecule has 1 aliphatic heterocycles. The number of thiophene rings is 1. The number of nitrogens with zero attached hydrogens (tertiary/aromatic N) is 1. The highest BCUT2D eigenvalue weighted by molar-refractivity contribution is 7.10. The van der Waals surface area contributed by atoms with Crippen LogP contribution in [0.3, 0.4) is 0 Å². The van der Waals surface area contributed by atoms with E-state index in [0.29, 0.717) is 29.8 Å². The average Bonchev–Trinajstić information content (AvgIpc) is 3.22. The zero-order chi connectivity index (χ0) is 17.4. The molecule has 7 heteroatoms. The predicted octanol–water partition coefficient (Wildman–Crippen LogP) is 3.18. The number of amides is 1. The predicted molar refractivity (Wildman–Crippen MR) is 92.0 cm³/mol. The van der Waals surface area contributed by atoms with Gasteiger partial charge in [-0.2, -0.15) is 0 Å². The van der Waals surface area contributed by atoms with E-state index in [1.54, 1.807) is 11.3 Å². The number of nitrogens with one attached hydrogen (secondary N) is 1. The topological polar surface area (TPSA) is 64.4 Å². The van der Waals surface area contributed by atoms with Gasteiger partial charge in [-0.15, -0.1) is 11.3 Å². The highest BCUT2D eigenvalue weighted by Gasteiger charge is 2.34. The summed E-state index contributed by atoms with van der Waals surface area (Å²) in [5, 5.41) is 9.37. The second kappa shape index (κ2) is 6.24. The number of ether oxygens (including phenoxy) is 1. The van der Waals surface area contributed by atoms with E-state index in [1.807, 2.05) is 6.92 Å². The van der Waals surface area contributed by atoms with Gasteiger partial charge in [0, 0.05) is 16.7 Å². The van der Waals surface area contributed by atoms with Gasteiger partial charge in [0.2, 0.25) is 5.91 Å². The summed E-state index contributed by atoms with van der Waals surface area (Å²) >= 11 is 1.72. The number of carbonyl (C=O) groups excluding carboxylic acids is 1. The van der Waals surface area contributed by atoms with E-state index >= 15 is 0 Å². The van der Waals surface area contributed by atoms with Gasteiger partial charge < -0.3 is 14.6 Å². The first kappa shape index (κ1) is 16.2. The van der Waals surface area contributed by atoms with Crippen molar-refractivity contribution in [1.82, 2.24) is 10.5 Å². The molecule has 2 aromatic heterocycles. The van der Waals surface area contributed by atoms with E-state index in [9.17, 15) is 9.18 Å². The largest absolute Gasteiger partial charge is 0.368 e. The first-order valence-corrected chi connectivity index (χ1v) is 8.94. The number of hydrogen-bond donors (Lipinski definition) is 1. The Morgan fingerprint density at radius 2 is 2.32 bits per heavy atom. The monoisotopic (exact) mass is 360 g/mol. The third-order valence-corrected chi connectivity index (χ3v) is 5.50. The van der Waals surface area contributed by atoms with Crippen LogP contribution in [0.2, 0.25) is 0 Å². The van der Waals surface area contributed by atoms with Crippen molar-refractivity contribution in [3.8, 4) is 0 Å². The Labute approximate surface area is 147 Å². The van der Waals surface area contributed by atoms with E-state index in [-0.39, 0.29) is 18.1 Å². The molecule has 1 atom stereocenters. The lowest BCUT2D eigenvalue weighted by Crippen LogP contribution is -2.43. The Kier molecular flexibility index (Phi) is 4.05. The summed E-state index contributed by atoms with van der Waals surface area (Å²) < 4.78 is 24.5. The number of fused-ring (bicyclic) bond motifs is 2. The fourth-order valence-electron chi connectivity index (χ4n) is 3.17. The maximum absolute atomic E-state index is 13.4. The van der Waals surface area contributed by atoms with Crippen molar-refractivity contribution in [2.24, 2.45) is 0 Å². The molecule has 0 spiro atoms. The van der Waals surface area contributed by atoms with Crippen LogP contribution in [0.1, 0.15) is 23.1 Å². The van der Waals surface area contributed by atoms with Crippen LogP contribution in [-0.2, 0) is 28.0 Å². The molecule has 4 rings (SSSR count). The third kappa shape index (κ3) is 3.05. The molecule has 5 nitrogen and oxygen atoms in total. The molecule has 3 heterocycles. The van der Waals surface area contributed by atoms with E-state index in [2.05, 4.69) is 21.9 Å². The lowest BCUT2D eigenvalue weighted by atomic mass is 9.93. The molecule has 1 amide bonds. The molecule has 0 fully saturated rings. The van der Waals surface area contributed by atoms with Gasteiger partial charge in [-0.05, 0) is 42.1 Å². The molecule has 1 aliphatic rings. The summed E-state index contributed by atoms with van der Waals surface area (Å²) in [5.41, 5.74) is 1.51. The second-order valence-electron chi connectivity index (χ2n) is 6.31. The molecular formula is C18H17FN2O3S. The van der Waals surface area contributed by atoms with Crippen LogP contribution in [0, 0.1) is 5.82 Å². The number of halogens is 1. The van der Waals surface area contributed by atoms with Crippen molar-refractivity contribution in [2.75, 3.05) is 13.2 Å². The van der Waals surface area contributed by atoms with E-state index < -0.39 is 5.60 Å². The molecule has 1 aromatic carbocycles. The van der Waals surface area contributed by atoms with Crippen molar-refractivity contribution < 1.29 is 18.4 Å². The van der Waals surface area contributed by atoms with Crippen molar-refractivity contribution in [1.29, 1.82) is 0 Å². The summed E-state index contributed by atoms with van der Waals surface area (Å²) in [7, 11) is 0. The van der Waals surface area contributed by atoms with Crippen LogP contribution < -0.4 is 5.32 Å². The average molecular weight is 360 g/mol. The molecule has 130 valence electrons. The lowest BCUT2D eigenvalue weighted by molar-refractivity contribution is -0.122. The van der Waals surface area contributed by atoms with Crippen molar-refractivity contribution in [2.45, 2.75) is 25.4 Å². The first-order chi connectivity index (χ1) is 12.0. The second-order valence-corrected chi connectivity index (χ2v) is 7.31. The molecule has 3 aromatic rings. The zero-order valence-corrected chi connectivity index (χ0v) is 14.5. The maximum atomic E-state index is 13.4. The molecule has 0 radical (unpaired) electrons. The Morgan fingerprint density at radius 1 is 1.44 bits per heavy atom. The molecule has 0 saturated carbocycles. The normalized spacial score (nSPS) is 19.8. The van der Waals surface area contributed by atoms with Crippen LogP contribution in [0.5, 0.6) is 0 Å². The Hall–Kier alpha value is -2.25. The van der Waals surface area contributed by atoms with Gasteiger partial charge in [0.1, 0.15) is 17.1 Å². The van der Waals surface area contributed by atoms with Crippen LogP contribution in [0.25, 0.3) is 11.0 Å². The third-order valence-electron chi connectivity index (χ3n) is 4.52. The molecule has 0 bridgehead atoms. The molecule has 1 N–H and O–H groups in total. The van der Waals surface area contributed by atoms with E-state index in [1.165, 1.54) is 23.1 Å². The standard InChI is InChI=1S/C18H17FN2O3S/c1-18(13-5-7-25-16(13)4-6-23-18)10-20-17(22)9-14-12-8-11(19)2-3-15(12)24-21-14/h2-3,5,7-8H,4,6,9-10H2,1H3,(H,20,22). The number of hydrogen-bond acceptors (Lipinski definition) is 5. The van der Waals surface area contributed by atoms with Crippen LogP contribution >= 0.6 is 11.3 Å². The summed E-state index contributed by atoms with van der Waals surface area (Å²) in [4.78, 5) is 13.6. The summed E-state index contributed by atoms with van der Waals surface area (Å²) in [6.45, 7) is 3.01. The van der Waals surface area contributed by atoms with Gasteiger partial charge in [0.05, 0.1) is 19.6 Å². The van der Waals surface area contributed by atoms with Crippen LogP contribution in [0.15, 0.2) is 34.2 Å². The number of carbonyl (C=O) groups is 1. The van der Waals surface area contributed by atoms with Gasteiger partial charge >= 0.3 is 0 Å². The Bertz CT molecular complexity index is 935. The van der Waals surface area contributed by atoms with Crippen molar-refractivity contribution in [3.05, 3.63) is 51.6 Å². The molecule has 0 aliphatic carbocycles. The fourth-order valence-corrected chi connectivity index (χ4v) is 4.15. The van der Waals surface area contributed by atoms with Gasteiger partial charge in [-0.3, -0.25) is 4.79 Å². The Balaban J connectivity index is 1.45. The quantitative estimate of drug-likeness (QED) is 0.776. The zero-order valence-electron chi connectivity index (χ0n) is 13.7. The minimum Gasteiger partial charge on any atom is -0.368 e. The number of rotatable bonds is 4. The molecular weight excluding hydrogens is 343 g/mol. The highest BCUT2D eigenvalue weighted by Crippen LogP contribution is 2.35. The molecule has 25 heavy (non-hydrogen) atoms. The Morgan fingerprint density at radius 3 is 3.20 bits per heavy atom. The SMILES string of the molecule is CC1(CNC(=O)Cc2noc3ccc(F)cc23)OCCc2sccc21. The smallest absolute Gasteiger partial charge is 0.226 e. The minimum atomic E-state index is -0.527. The molecule has 1 unspecified atom stereocenters. The fraction of sp³-hybridized carbons (Fsp3) is 0.333. The molecule has 0 saturated heterocycles. The summed E-state index contributed by atoms with van der Waals surface area (Å²) in [6, 6.07) is 6.20. The van der Waals surface area contributed by atoms with E-state index in [0.717, 1.165) is 12.0 Å². The summed E-state index contributed by atoms with van der Waals surface area (Å²) in [6.07, 6.45) is 0.941. The van der Waals surface area contributed by atoms with Crippen molar-refractivity contribution >= 4 is 28.2 Å². The van der Waals surface area contributed by atoms with Gasteiger partial charge in [-0.25, -0.2) is 4.39 Å². The minimum absolute atomic E-state index is 0.0308. The highest BCUT2D eigenvalue weighted by atomic mass is 32.1. The van der Waals surface area contributed by atoms with Crippen LogP contribution in [-0.4, -0.2) is 24.2 Å². The van der Waals surface area contributed by atoms with Gasteiger partial charge in [0.25, 0.3) is 0 Å². The van der Waals surface area contributed by atoms with E-state index in [4.69, 9.17) is 9.26 Å². The van der Waals surface area contributed by atoms with Crippen molar-refractivity contribution in [3.63, 3.8) is 0 Å². The van der Waals surface area contributed by atoms with Gasteiger partial charge in [-0.1, -0.05) is 5.16 Å². The maximum Gasteiger partial charge on any atom is 0.226 e. The lowest BCUT2D eigenvalue weighted by Gasteiger charge is -2.34. The summed E-state index contributed by atoms with van der Waals surface area (Å²) in [5.74, 6) is -0.586. The number of aromatic nitrogens is 1.